The van der Waals surface area contributed by atoms with Crippen LogP contribution in [0, 0.1) is 12.8 Å². The van der Waals surface area contributed by atoms with Crippen LogP contribution >= 0.6 is 0 Å². The number of aryl methyl sites for hydroxylation is 1. The first-order valence-electron chi connectivity index (χ1n) is 7.54. The third-order valence-electron chi connectivity index (χ3n) is 4.25. The van der Waals surface area contributed by atoms with Gasteiger partial charge in [-0.1, -0.05) is 0 Å². The van der Waals surface area contributed by atoms with Crippen LogP contribution in [0.2, 0.25) is 0 Å². The topological polar surface area (TPSA) is 97.1 Å². The van der Waals surface area contributed by atoms with Gasteiger partial charge >= 0.3 is 5.97 Å². The van der Waals surface area contributed by atoms with Crippen LogP contribution in [0.5, 0.6) is 0 Å². The summed E-state index contributed by atoms with van der Waals surface area (Å²) in [7, 11) is 0. The lowest BCUT2D eigenvalue weighted by Crippen LogP contribution is -2.33. The number of hydrogen-bond donors (Lipinski definition) is 2. The van der Waals surface area contributed by atoms with Gasteiger partial charge in [0.05, 0.1) is 11.6 Å². The summed E-state index contributed by atoms with van der Waals surface area (Å²) < 4.78 is 1.63. The number of nitrogens with zero attached hydrogens (tertiary/aromatic N) is 3. The van der Waals surface area contributed by atoms with E-state index in [0.29, 0.717) is 24.8 Å². The lowest BCUT2D eigenvalue weighted by molar-refractivity contribution is -0.141. The Morgan fingerprint density at radius 1 is 1.35 bits per heavy atom. The molecule has 23 heavy (non-hydrogen) atoms. The number of carboxylic acid groups (broad SMARTS) is 1. The smallest absolute Gasteiger partial charge is 0.306 e. The summed E-state index contributed by atoms with van der Waals surface area (Å²) in [5.74, 6) is -1.30. The summed E-state index contributed by atoms with van der Waals surface area (Å²) in [5.41, 5.74) is 2.26. The minimum absolute atomic E-state index is 0.0713. The molecule has 0 radical (unpaired) electrons. The number of aromatic nitrogens is 3. The Morgan fingerprint density at radius 3 is 2.78 bits per heavy atom. The molecule has 7 heteroatoms. The second-order valence-corrected chi connectivity index (χ2v) is 5.86. The first-order chi connectivity index (χ1) is 11.0. The van der Waals surface area contributed by atoms with Gasteiger partial charge in [-0.2, -0.15) is 5.10 Å². The third kappa shape index (κ3) is 3.23. The van der Waals surface area contributed by atoms with Gasteiger partial charge in [-0.3, -0.25) is 9.59 Å². The van der Waals surface area contributed by atoms with E-state index < -0.39 is 5.97 Å². The largest absolute Gasteiger partial charge is 0.481 e. The zero-order valence-corrected chi connectivity index (χ0v) is 12.8. The van der Waals surface area contributed by atoms with Crippen LogP contribution in [0.1, 0.15) is 35.2 Å². The average molecular weight is 314 g/mol. The first-order valence-corrected chi connectivity index (χ1v) is 7.54. The monoisotopic (exact) mass is 314 g/mol. The second kappa shape index (κ2) is 6.20. The predicted octanol–water partition coefficient (Wildman–Crippen LogP) is 1.56. The number of benzene rings is 1. The molecular weight excluding hydrogens is 296 g/mol. The van der Waals surface area contributed by atoms with Crippen molar-refractivity contribution in [1.29, 1.82) is 0 Å². The zero-order chi connectivity index (χ0) is 16.4. The van der Waals surface area contributed by atoms with Crippen LogP contribution in [0.25, 0.3) is 5.69 Å². The fourth-order valence-corrected chi connectivity index (χ4v) is 2.99. The Hall–Kier alpha value is -2.70. The Balaban J connectivity index is 1.69. The fraction of sp³-hybridized carbons (Fsp3) is 0.375. The number of carbonyl (C=O) groups is 2. The van der Waals surface area contributed by atoms with Gasteiger partial charge in [-0.05, 0) is 49.9 Å². The molecule has 0 bridgehead atoms. The van der Waals surface area contributed by atoms with Crippen molar-refractivity contribution in [2.24, 2.45) is 5.92 Å². The van der Waals surface area contributed by atoms with Gasteiger partial charge in [-0.25, -0.2) is 9.67 Å². The average Bonchev–Trinajstić information content (AvgIpc) is 3.18. The van der Waals surface area contributed by atoms with Crippen LogP contribution in [-0.4, -0.2) is 37.8 Å². The quantitative estimate of drug-likeness (QED) is 0.892. The Kier molecular flexibility index (Phi) is 4.10. The highest BCUT2D eigenvalue weighted by atomic mass is 16.4. The molecule has 1 aliphatic carbocycles. The van der Waals surface area contributed by atoms with Crippen molar-refractivity contribution in [1.82, 2.24) is 20.1 Å². The first kappa shape index (κ1) is 15.2. The maximum atomic E-state index is 12.4. The molecule has 2 aromatic rings. The van der Waals surface area contributed by atoms with Gasteiger partial charge in [0.15, 0.2) is 0 Å². The van der Waals surface area contributed by atoms with Crippen molar-refractivity contribution >= 4 is 11.9 Å². The number of nitrogens with one attached hydrogen (secondary N) is 1. The van der Waals surface area contributed by atoms with Gasteiger partial charge in [0.25, 0.3) is 5.91 Å². The minimum Gasteiger partial charge on any atom is -0.481 e. The van der Waals surface area contributed by atoms with E-state index in [2.05, 4.69) is 15.4 Å². The molecule has 1 saturated carbocycles. The van der Waals surface area contributed by atoms with Crippen LogP contribution < -0.4 is 5.32 Å². The normalized spacial score (nSPS) is 20.4. The van der Waals surface area contributed by atoms with Gasteiger partial charge < -0.3 is 10.4 Å². The molecular formula is C16H18N4O3. The zero-order valence-electron chi connectivity index (χ0n) is 12.8. The third-order valence-corrected chi connectivity index (χ3v) is 4.25. The molecule has 2 N–H and O–H groups in total. The maximum Gasteiger partial charge on any atom is 0.306 e. The lowest BCUT2D eigenvalue weighted by atomic mass is 10.1. The van der Waals surface area contributed by atoms with E-state index in [4.69, 9.17) is 5.11 Å². The number of aliphatic carboxylic acids is 1. The number of rotatable bonds is 4. The van der Waals surface area contributed by atoms with Gasteiger partial charge in [0, 0.05) is 11.6 Å². The van der Waals surface area contributed by atoms with Gasteiger partial charge in [0.1, 0.15) is 12.7 Å². The van der Waals surface area contributed by atoms with Crippen molar-refractivity contribution in [2.75, 3.05) is 0 Å². The maximum absolute atomic E-state index is 12.4. The highest BCUT2D eigenvalue weighted by Crippen LogP contribution is 2.26. The van der Waals surface area contributed by atoms with E-state index in [1.165, 1.54) is 6.33 Å². The van der Waals surface area contributed by atoms with E-state index >= 15 is 0 Å². The van der Waals surface area contributed by atoms with E-state index in [9.17, 15) is 9.59 Å². The van der Waals surface area contributed by atoms with Crippen LogP contribution in [-0.2, 0) is 4.79 Å². The van der Waals surface area contributed by atoms with E-state index in [1.54, 1.807) is 17.1 Å². The highest BCUT2D eigenvalue weighted by Gasteiger charge is 2.30. The summed E-state index contributed by atoms with van der Waals surface area (Å²) >= 11 is 0. The number of carbonyl (C=O) groups excluding carboxylic acids is 1. The van der Waals surface area contributed by atoms with Crippen molar-refractivity contribution in [3.63, 3.8) is 0 Å². The van der Waals surface area contributed by atoms with Gasteiger partial charge in [0.2, 0.25) is 0 Å². The summed E-state index contributed by atoms with van der Waals surface area (Å²) in [6.07, 6.45) is 4.87. The van der Waals surface area contributed by atoms with Crippen LogP contribution in [0.4, 0.5) is 0 Å². The molecule has 0 unspecified atom stereocenters. The molecule has 2 atom stereocenters. The molecule has 1 heterocycles. The molecule has 1 fully saturated rings. The van der Waals surface area contributed by atoms with Gasteiger partial charge in [-0.15, -0.1) is 0 Å². The molecule has 0 saturated heterocycles. The standard InChI is InChI=1S/C16H18N4O3/c1-10-6-13(20-9-17-8-18-20)4-5-14(10)15(21)19-12-3-2-11(7-12)16(22)23/h4-6,8-9,11-12H,2-3,7H2,1H3,(H,19,21)(H,22,23)/t11-,12+/m0/s1. The van der Waals surface area contributed by atoms with Crippen molar-refractivity contribution in [3.8, 4) is 5.69 Å². The molecule has 3 rings (SSSR count). The van der Waals surface area contributed by atoms with Crippen molar-refractivity contribution in [2.45, 2.75) is 32.2 Å². The number of amides is 1. The Bertz CT molecular complexity index is 727. The highest BCUT2D eigenvalue weighted by molar-refractivity contribution is 5.96. The van der Waals surface area contributed by atoms with Crippen molar-refractivity contribution < 1.29 is 14.7 Å². The molecule has 1 amide bonds. The van der Waals surface area contributed by atoms with Crippen LogP contribution in [0.3, 0.4) is 0 Å². The molecule has 1 aromatic carbocycles. The summed E-state index contributed by atoms with van der Waals surface area (Å²) in [6.45, 7) is 1.87. The van der Waals surface area contributed by atoms with E-state index in [1.807, 2.05) is 19.1 Å². The summed E-state index contributed by atoms with van der Waals surface area (Å²) in [4.78, 5) is 27.3. The number of carboxylic acids is 1. The summed E-state index contributed by atoms with van der Waals surface area (Å²) in [6, 6.07) is 5.37. The summed E-state index contributed by atoms with van der Waals surface area (Å²) in [5, 5.41) is 16.0. The van der Waals surface area contributed by atoms with E-state index in [-0.39, 0.29) is 17.9 Å². The minimum atomic E-state index is -0.782. The lowest BCUT2D eigenvalue weighted by Gasteiger charge is -2.14. The Labute approximate surface area is 133 Å². The Morgan fingerprint density at radius 2 is 2.17 bits per heavy atom. The number of hydrogen-bond acceptors (Lipinski definition) is 4. The molecule has 1 aromatic heterocycles. The second-order valence-electron chi connectivity index (χ2n) is 5.86. The predicted molar refractivity (Wildman–Crippen MR) is 82.3 cm³/mol. The molecule has 1 aliphatic rings. The SMILES string of the molecule is Cc1cc(-n2cncn2)ccc1C(=O)N[C@@H]1CC[C@H](C(=O)O)C1. The van der Waals surface area contributed by atoms with E-state index in [0.717, 1.165) is 11.3 Å². The molecule has 0 aliphatic heterocycles. The molecule has 0 spiro atoms. The van der Waals surface area contributed by atoms with Crippen molar-refractivity contribution in [3.05, 3.63) is 42.0 Å². The molecule has 120 valence electrons. The molecule has 7 nitrogen and oxygen atoms in total. The van der Waals surface area contributed by atoms with Crippen LogP contribution in [0.15, 0.2) is 30.9 Å². The fourth-order valence-electron chi connectivity index (χ4n) is 2.99.